The van der Waals surface area contributed by atoms with Crippen LogP contribution in [0.4, 0.5) is 0 Å². The van der Waals surface area contributed by atoms with Gasteiger partial charge in [0.2, 0.25) is 0 Å². The van der Waals surface area contributed by atoms with Crippen LogP contribution in [0, 0.1) is 0 Å². The third-order valence-corrected chi connectivity index (χ3v) is 10.1. The summed E-state index contributed by atoms with van der Waals surface area (Å²) in [7, 11) is 4.38. The predicted octanol–water partition coefficient (Wildman–Crippen LogP) is 3.96. The van der Waals surface area contributed by atoms with Gasteiger partial charge in [-0.05, 0) is 73.4 Å². The van der Waals surface area contributed by atoms with Crippen LogP contribution in [0.2, 0.25) is 0 Å². The summed E-state index contributed by atoms with van der Waals surface area (Å²) in [4.78, 5) is 9.91. The molecule has 15 heteroatoms. The fraction of sp³-hybridized carbons (Fsp3) is 0.889. The minimum Gasteiger partial charge on any atom is -0.684 e. The van der Waals surface area contributed by atoms with E-state index in [9.17, 15) is 0 Å². The van der Waals surface area contributed by atoms with E-state index < -0.39 is 6.29 Å². The minimum atomic E-state index is -1.17. The molecule has 0 aromatic carbocycles. The molecule has 0 amide bonds. The van der Waals surface area contributed by atoms with Crippen LogP contribution >= 0.6 is 0 Å². The quantitative estimate of drug-likeness (QED) is 0.224. The molecule has 51 heavy (non-hydrogen) atoms. The van der Waals surface area contributed by atoms with Gasteiger partial charge in [-0.2, -0.15) is 6.20 Å². The van der Waals surface area contributed by atoms with Crippen LogP contribution in [0.1, 0.15) is 64.7 Å². The first-order valence-corrected chi connectivity index (χ1v) is 18.9. The third kappa shape index (κ3) is 19.8. The Labute approximate surface area is 331 Å². The third-order valence-electron chi connectivity index (χ3n) is 10.1. The van der Waals surface area contributed by atoms with Gasteiger partial charge in [-0.3, -0.25) is 0 Å². The molecule has 0 aromatic rings. The Kier molecular flexibility index (Phi) is 27.1. The zero-order valence-corrected chi connectivity index (χ0v) is 33.9. The average molecular weight is 799 g/mol. The van der Waals surface area contributed by atoms with Crippen molar-refractivity contribution >= 4 is 0 Å². The van der Waals surface area contributed by atoms with E-state index in [1.165, 1.54) is 64.7 Å². The fourth-order valence-electron chi connectivity index (χ4n) is 7.35. The van der Waals surface area contributed by atoms with E-state index in [2.05, 4.69) is 51.2 Å². The van der Waals surface area contributed by atoms with Crippen molar-refractivity contribution in [2.75, 3.05) is 99.2 Å². The molecule has 0 saturated carbocycles. The van der Waals surface area contributed by atoms with Crippen LogP contribution < -0.4 is 0 Å². The molecule has 6 aliphatic rings. The summed E-state index contributed by atoms with van der Waals surface area (Å²) in [6, 6.07) is 1.87. The van der Waals surface area contributed by atoms with Crippen molar-refractivity contribution in [3.05, 3.63) is 56.3 Å². The molecule has 0 bridgehead atoms. The molecule has 6 heterocycles. The van der Waals surface area contributed by atoms with Crippen LogP contribution in [-0.2, 0) is 34.1 Å². The second-order valence-corrected chi connectivity index (χ2v) is 14.4. The molecule has 0 spiro atoms. The van der Waals surface area contributed by atoms with Gasteiger partial charge in [-0.25, -0.2) is 0 Å². The van der Waals surface area contributed by atoms with Crippen molar-refractivity contribution in [1.82, 2.24) is 19.6 Å². The number of likely N-dealkylation sites (N-methyl/N-ethyl adjacent to an activating group) is 2. The van der Waals surface area contributed by atoms with E-state index in [0.717, 1.165) is 85.1 Å². The van der Waals surface area contributed by atoms with E-state index in [-0.39, 0.29) is 45.7 Å². The van der Waals surface area contributed by atoms with Gasteiger partial charge in [0, 0.05) is 17.1 Å². The summed E-state index contributed by atoms with van der Waals surface area (Å²) in [6.45, 7) is 15.0. The molecule has 13 nitrogen and oxygen atoms in total. The zero-order chi connectivity index (χ0) is 34.0. The first-order chi connectivity index (χ1) is 23.4. The average Bonchev–Trinajstić information content (AvgIpc) is 3.69. The molecule has 6 atom stereocenters. The molecule has 5 saturated heterocycles. The monoisotopic (exact) mass is 798 g/mol. The second-order valence-electron chi connectivity index (χ2n) is 14.4. The second kappa shape index (κ2) is 28.3. The summed E-state index contributed by atoms with van der Waals surface area (Å²) < 4.78 is 0. The number of nitrogens with zero attached hydrogens (tertiary/aromatic N) is 10. The molecule has 5 fully saturated rings. The SMILES string of the molecule is CC(O)O.CN1CC[N-]C1CN(CC1C=CC=C[N-]1)CC1CCCC[N-]1.CN1CC[N-]C1CN(CC1CCCC[N-]1)CC1CCCC[N-]1.O.[Mn+2].[Mn]. The van der Waals surface area contributed by atoms with E-state index in [1.807, 2.05) is 12.3 Å². The molecule has 2 radical (unpaired) electrons. The van der Waals surface area contributed by atoms with E-state index in [1.54, 1.807) is 0 Å². The smallest absolute Gasteiger partial charge is 0.684 e. The Hall–Kier alpha value is -0.161. The van der Waals surface area contributed by atoms with E-state index in [0.29, 0.717) is 30.5 Å². The molecule has 6 aliphatic heterocycles. The van der Waals surface area contributed by atoms with Crippen molar-refractivity contribution in [2.45, 2.75) is 108 Å². The van der Waals surface area contributed by atoms with Crippen molar-refractivity contribution in [3.8, 4) is 0 Å². The van der Waals surface area contributed by atoms with Gasteiger partial charge in [0.05, 0.1) is 0 Å². The van der Waals surface area contributed by atoms with Gasteiger partial charge in [-0.15, -0.1) is 50.8 Å². The van der Waals surface area contributed by atoms with Crippen LogP contribution in [-0.4, -0.2) is 177 Å². The summed E-state index contributed by atoms with van der Waals surface area (Å²) in [5.41, 5.74) is 0. The Morgan fingerprint density at radius 2 is 1.04 bits per heavy atom. The van der Waals surface area contributed by atoms with Crippen molar-refractivity contribution in [1.29, 1.82) is 0 Å². The number of rotatable bonds is 12. The standard InChI is InChI=1S/C17H32N5.C17H28N5.C2H6O2.2Mn.H2O/c2*1-21-11-10-20-17(21)14-22(12-15-6-2-4-8-18-15)13-16-7-3-5-9-19-16;1-2(3)4;;;/h15-17H,2-14H2,1H3;2,4,6,8,15-17H,3,5,7,9-14H2,1H3;2-4H,1H3;;;1H2/q2*-3;;;+2;. The number of hydrogen-bond acceptors (Lipinski definition) is 6. The van der Waals surface area contributed by atoms with Crippen molar-refractivity contribution in [3.63, 3.8) is 0 Å². The Morgan fingerprint density at radius 1 is 0.627 bits per heavy atom. The topological polar surface area (TPSA) is 170 Å². The molecule has 6 rings (SSSR count). The largest absolute Gasteiger partial charge is 2.00 e. The normalized spacial score (nSPS) is 29.6. The number of aliphatic hydroxyl groups is 2. The number of hydrogen-bond donors (Lipinski definition) is 2. The first-order valence-electron chi connectivity index (χ1n) is 18.9. The molecule has 4 N–H and O–H groups in total. The Balaban J connectivity index is 0.000000438. The predicted molar refractivity (Wildman–Crippen MR) is 203 cm³/mol. The maximum atomic E-state index is 7.61. The van der Waals surface area contributed by atoms with Crippen LogP contribution in [0.3, 0.4) is 0 Å². The van der Waals surface area contributed by atoms with Gasteiger partial charge in [-0.1, -0.05) is 94.4 Å². The van der Waals surface area contributed by atoms with Crippen LogP contribution in [0.5, 0.6) is 0 Å². The van der Waals surface area contributed by atoms with Gasteiger partial charge in [0.15, 0.2) is 0 Å². The number of allylic oxidation sites excluding steroid dienone is 2. The summed E-state index contributed by atoms with van der Waals surface area (Å²) >= 11 is 0. The van der Waals surface area contributed by atoms with E-state index >= 15 is 0 Å². The first kappa shape index (κ1) is 48.9. The minimum absolute atomic E-state index is 0. The maximum absolute atomic E-state index is 7.61. The fourth-order valence-corrected chi connectivity index (χ4v) is 7.35. The number of piperidine rings is 3. The summed E-state index contributed by atoms with van der Waals surface area (Å²) in [5, 5.41) is 43.8. The van der Waals surface area contributed by atoms with Gasteiger partial charge >= 0.3 is 17.1 Å². The molecule has 0 aromatic heterocycles. The Morgan fingerprint density at radius 3 is 1.35 bits per heavy atom. The number of aliphatic hydroxyl groups excluding tert-OH is 1. The van der Waals surface area contributed by atoms with Crippen LogP contribution in [0.15, 0.2) is 24.4 Å². The van der Waals surface area contributed by atoms with E-state index in [4.69, 9.17) is 36.8 Å². The molecular formula is C36H68Mn2N10O3-4. The van der Waals surface area contributed by atoms with Gasteiger partial charge < -0.3 is 67.2 Å². The molecular weight excluding hydrogens is 730 g/mol. The Bertz CT molecular complexity index is 886. The summed E-state index contributed by atoms with van der Waals surface area (Å²) in [5.74, 6) is 0. The van der Waals surface area contributed by atoms with Gasteiger partial charge in [0.25, 0.3) is 0 Å². The van der Waals surface area contributed by atoms with Crippen LogP contribution in [0.25, 0.3) is 31.9 Å². The molecule has 6 unspecified atom stereocenters. The van der Waals surface area contributed by atoms with Gasteiger partial charge in [0.1, 0.15) is 6.29 Å². The summed E-state index contributed by atoms with van der Waals surface area (Å²) in [6.07, 6.45) is 19.4. The molecule has 0 aliphatic carbocycles. The van der Waals surface area contributed by atoms with Crippen molar-refractivity contribution < 1.29 is 49.8 Å². The molecule has 298 valence electrons. The maximum Gasteiger partial charge on any atom is 2.00 e. The zero-order valence-electron chi connectivity index (χ0n) is 31.5. The van der Waals surface area contributed by atoms with Crippen molar-refractivity contribution in [2.24, 2.45) is 0 Å².